The van der Waals surface area contributed by atoms with Crippen LogP contribution in [0, 0.1) is 0 Å². The molecule has 0 radical (unpaired) electrons. The Hall–Kier alpha value is -0.880. The molecule has 1 atom stereocenters. The van der Waals surface area contributed by atoms with Crippen LogP contribution in [0.2, 0.25) is 0 Å². The summed E-state index contributed by atoms with van der Waals surface area (Å²) < 4.78 is 21.3. The molecular formula is C7H14N2O3S. The molecule has 1 amide bonds. The van der Waals surface area contributed by atoms with Gasteiger partial charge in [0.05, 0.1) is 5.75 Å². The SMILES string of the molecule is C=C(CS(N)(=O)=O)[C@H](C)NC(C)=O. The van der Waals surface area contributed by atoms with E-state index >= 15 is 0 Å². The van der Waals surface area contributed by atoms with E-state index in [1.165, 1.54) is 6.92 Å². The summed E-state index contributed by atoms with van der Waals surface area (Å²) >= 11 is 0. The predicted molar refractivity (Wildman–Crippen MR) is 50.4 cm³/mol. The standard InChI is InChI=1S/C7H14N2O3S/c1-5(4-13(8,11)12)6(2)9-7(3)10/h6H,1,4H2,2-3H3,(H,9,10)(H2,8,11,12)/t6-/m0/s1. The Morgan fingerprint density at radius 2 is 2.08 bits per heavy atom. The fourth-order valence-corrected chi connectivity index (χ4v) is 1.56. The lowest BCUT2D eigenvalue weighted by atomic mass is 10.2. The van der Waals surface area contributed by atoms with Crippen molar-refractivity contribution < 1.29 is 13.2 Å². The maximum absolute atomic E-state index is 10.6. The van der Waals surface area contributed by atoms with Crippen molar-refractivity contribution in [1.29, 1.82) is 0 Å². The van der Waals surface area contributed by atoms with Gasteiger partial charge in [-0.15, -0.1) is 0 Å². The van der Waals surface area contributed by atoms with E-state index in [1.807, 2.05) is 0 Å². The largest absolute Gasteiger partial charge is 0.350 e. The van der Waals surface area contributed by atoms with Gasteiger partial charge in [0.15, 0.2) is 0 Å². The van der Waals surface area contributed by atoms with Gasteiger partial charge in [-0.25, -0.2) is 13.6 Å². The lowest BCUT2D eigenvalue weighted by Gasteiger charge is -2.14. The highest BCUT2D eigenvalue weighted by molar-refractivity contribution is 7.89. The van der Waals surface area contributed by atoms with Gasteiger partial charge in [-0.3, -0.25) is 4.79 Å². The van der Waals surface area contributed by atoms with E-state index in [9.17, 15) is 13.2 Å². The number of carbonyl (C=O) groups is 1. The first-order valence-corrected chi connectivity index (χ1v) is 5.39. The van der Waals surface area contributed by atoms with Crippen molar-refractivity contribution in [2.75, 3.05) is 5.75 Å². The summed E-state index contributed by atoms with van der Waals surface area (Å²) in [5, 5.41) is 7.31. The van der Waals surface area contributed by atoms with Crippen LogP contribution in [0.15, 0.2) is 12.2 Å². The highest BCUT2D eigenvalue weighted by Gasteiger charge is 2.12. The smallest absolute Gasteiger partial charge is 0.217 e. The van der Waals surface area contributed by atoms with Crippen LogP contribution in [-0.2, 0) is 14.8 Å². The Bertz CT molecular complexity index is 308. The van der Waals surface area contributed by atoms with E-state index in [0.717, 1.165) is 0 Å². The van der Waals surface area contributed by atoms with E-state index < -0.39 is 10.0 Å². The molecule has 0 fully saturated rings. The van der Waals surface area contributed by atoms with Gasteiger partial charge in [0, 0.05) is 13.0 Å². The molecule has 0 aliphatic carbocycles. The Morgan fingerprint density at radius 1 is 1.62 bits per heavy atom. The Labute approximate surface area is 78.1 Å². The molecule has 0 aliphatic heterocycles. The number of primary sulfonamides is 1. The molecule has 0 rings (SSSR count). The molecule has 76 valence electrons. The average molecular weight is 206 g/mol. The van der Waals surface area contributed by atoms with Crippen molar-refractivity contribution in [3.8, 4) is 0 Å². The summed E-state index contributed by atoms with van der Waals surface area (Å²) in [5.74, 6) is -0.544. The zero-order chi connectivity index (χ0) is 10.6. The van der Waals surface area contributed by atoms with Gasteiger partial charge in [-0.2, -0.15) is 0 Å². The van der Waals surface area contributed by atoms with Crippen LogP contribution < -0.4 is 10.5 Å². The third-order valence-electron chi connectivity index (χ3n) is 1.42. The maximum atomic E-state index is 10.6. The molecule has 0 aromatic carbocycles. The summed E-state index contributed by atoms with van der Waals surface area (Å²) in [6.07, 6.45) is 0. The topological polar surface area (TPSA) is 89.3 Å². The predicted octanol–water partition coefficient (Wildman–Crippen LogP) is -0.644. The van der Waals surface area contributed by atoms with E-state index in [4.69, 9.17) is 5.14 Å². The highest BCUT2D eigenvalue weighted by Crippen LogP contribution is 2.00. The first kappa shape index (κ1) is 12.1. The van der Waals surface area contributed by atoms with Crippen LogP contribution in [-0.4, -0.2) is 26.1 Å². The Balaban J connectivity index is 4.21. The summed E-state index contributed by atoms with van der Waals surface area (Å²) in [6.45, 7) is 6.51. The first-order valence-electron chi connectivity index (χ1n) is 3.67. The normalized spacial score (nSPS) is 13.5. The number of nitrogens with one attached hydrogen (secondary N) is 1. The molecule has 6 heteroatoms. The molecule has 5 nitrogen and oxygen atoms in total. The number of hydrogen-bond donors (Lipinski definition) is 2. The monoisotopic (exact) mass is 206 g/mol. The third-order valence-corrected chi connectivity index (χ3v) is 2.19. The number of carbonyl (C=O) groups excluding carboxylic acids is 1. The fraction of sp³-hybridized carbons (Fsp3) is 0.571. The van der Waals surface area contributed by atoms with Crippen LogP contribution in [0.3, 0.4) is 0 Å². The van der Waals surface area contributed by atoms with E-state index in [1.54, 1.807) is 6.92 Å². The summed E-state index contributed by atoms with van der Waals surface area (Å²) in [4.78, 5) is 10.6. The summed E-state index contributed by atoms with van der Waals surface area (Å²) in [5.41, 5.74) is 0.373. The molecule has 3 N–H and O–H groups in total. The lowest BCUT2D eigenvalue weighted by molar-refractivity contribution is -0.119. The Morgan fingerprint density at radius 3 is 2.38 bits per heavy atom. The molecule has 0 aliphatic rings. The second-order valence-corrected chi connectivity index (χ2v) is 4.50. The number of sulfonamides is 1. The molecule has 0 aromatic rings. The van der Waals surface area contributed by atoms with Crippen molar-refractivity contribution in [1.82, 2.24) is 5.32 Å². The minimum Gasteiger partial charge on any atom is -0.350 e. The molecule has 0 aromatic heterocycles. The molecule has 0 spiro atoms. The van der Waals surface area contributed by atoms with Gasteiger partial charge in [0.2, 0.25) is 15.9 Å². The second kappa shape index (κ2) is 4.38. The Kier molecular flexibility index (Phi) is 4.09. The van der Waals surface area contributed by atoms with Crippen LogP contribution in [0.1, 0.15) is 13.8 Å². The van der Waals surface area contributed by atoms with Crippen LogP contribution in [0.5, 0.6) is 0 Å². The van der Waals surface area contributed by atoms with Crippen molar-refractivity contribution in [2.24, 2.45) is 5.14 Å². The van der Waals surface area contributed by atoms with E-state index in [0.29, 0.717) is 5.57 Å². The van der Waals surface area contributed by atoms with Crippen LogP contribution in [0.4, 0.5) is 0 Å². The first-order chi connectivity index (χ1) is 5.72. The number of rotatable bonds is 4. The molecule has 0 heterocycles. The molecule has 0 unspecified atom stereocenters. The van der Waals surface area contributed by atoms with Gasteiger partial charge >= 0.3 is 0 Å². The number of amides is 1. The number of hydrogen-bond acceptors (Lipinski definition) is 3. The van der Waals surface area contributed by atoms with Gasteiger partial charge in [-0.05, 0) is 12.5 Å². The molecule has 0 saturated carbocycles. The van der Waals surface area contributed by atoms with Gasteiger partial charge < -0.3 is 5.32 Å². The second-order valence-electron chi connectivity index (χ2n) is 2.89. The summed E-state index contributed by atoms with van der Waals surface area (Å²) in [7, 11) is -3.56. The van der Waals surface area contributed by atoms with Gasteiger partial charge in [0.1, 0.15) is 0 Å². The zero-order valence-electron chi connectivity index (χ0n) is 7.70. The van der Waals surface area contributed by atoms with E-state index in [2.05, 4.69) is 11.9 Å². The minimum absolute atomic E-state index is 0.233. The minimum atomic E-state index is -3.56. The van der Waals surface area contributed by atoms with E-state index in [-0.39, 0.29) is 17.7 Å². The van der Waals surface area contributed by atoms with Crippen LogP contribution in [0.25, 0.3) is 0 Å². The molecule has 0 bridgehead atoms. The van der Waals surface area contributed by atoms with Crippen molar-refractivity contribution in [3.05, 3.63) is 12.2 Å². The fourth-order valence-electron chi connectivity index (χ4n) is 0.790. The molecular weight excluding hydrogens is 192 g/mol. The third kappa shape index (κ3) is 6.30. The molecule has 0 saturated heterocycles. The van der Waals surface area contributed by atoms with Crippen LogP contribution >= 0.6 is 0 Å². The average Bonchev–Trinajstić information content (AvgIpc) is 1.81. The molecule has 13 heavy (non-hydrogen) atoms. The van der Waals surface area contributed by atoms with Crippen molar-refractivity contribution in [2.45, 2.75) is 19.9 Å². The summed E-state index contributed by atoms with van der Waals surface area (Å²) in [6, 6.07) is -0.379. The van der Waals surface area contributed by atoms with Crippen molar-refractivity contribution in [3.63, 3.8) is 0 Å². The maximum Gasteiger partial charge on any atom is 0.217 e. The van der Waals surface area contributed by atoms with Crippen molar-refractivity contribution >= 4 is 15.9 Å². The highest BCUT2D eigenvalue weighted by atomic mass is 32.2. The quantitative estimate of drug-likeness (QED) is 0.599. The zero-order valence-corrected chi connectivity index (χ0v) is 8.52. The lowest BCUT2D eigenvalue weighted by Crippen LogP contribution is -2.34. The van der Waals surface area contributed by atoms with Gasteiger partial charge in [0.25, 0.3) is 0 Å². The number of nitrogens with two attached hydrogens (primary N) is 1. The van der Waals surface area contributed by atoms with Gasteiger partial charge in [-0.1, -0.05) is 6.58 Å².